The average Bonchev–Trinajstić information content (AvgIpc) is 3.28. The van der Waals surface area contributed by atoms with Crippen molar-refractivity contribution in [3.8, 4) is 0 Å². The molecule has 0 saturated heterocycles. The summed E-state index contributed by atoms with van der Waals surface area (Å²) >= 11 is 14.3. The number of amides is 3. The van der Waals surface area contributed by atoms with E-state index in [9.17, 15) is 14.0 Å². The summed E-state index contributed by atoms with van der Waals surface area (Å²) in [5, 5.41) is 3.03. The Morgan fingerprint density at radius 1 is 1.09 bits per heavy atom. The van der Waals surface area contributed by atoms with E-state index >= 15 is 0 Å². The number of carbonyl (C=O) groups excluding carboxylic acids is 2. The lowest BCUT2D eigenvalue weighted by atomic mass is 9.93. The van der Waals surface area contributed by atoms with Gasteiger partial charge in [0.2, 0.25) is 5.91 Å². The smallest absolute Gasteiger partial charge is 0.320 e. The minimum Gasteiger partial charge on any atom is -0.331 e. The van der Waals surface area contributed by atoms with Crippen LogP contribution in [0.4, 0.5) is 9.18 Å². The monoisotopic (exact) mass is 519 g/mol. The van der Waals surface area contributed by atoms with E-state index in [4.69, 9.17) is 23.2 Å². The van der Waals surface area contributed by atoms with Gasteiger partial charge in [-0.05, 0) is 58.8 Å². The van der Waals surface area contributed by atoms with E-state index in [-0.39, 0.29) is 36.9 Å². The van der Waals surface area contributed by atoms with Gasteiger partial charge in [-0.1, -0.05) is 41.4 Å². The summed E-state index contributed by atoms with van der Waals surface area (Å²) in [5.41, 5.74) is 2.57. The van der Waals surface area contributed by atoms with Gasteiger partial charge in [0.25, 0.3) is 0 Å². The maximum atomic E-state index is 13.7. The second-order valence-corrected chi connectivity index (χ2v) is 10.2. The van der Waals surface area contributed by atoms with Gasteiger partial charge in [-0.2, -0.15) is 0 Å². The lowest BCUT2D eigenvalue weighted by Crippen LogP contribution is -2.48. The van der Waals surface area contributed by atoms with Crippen molar-refractivity contribution in [2.75, 3.05) is 27.2 Å². The standard InChI is InChI=1S/C25H24Cl2FN3O2S/c1-29(2)25(33)30(14-16-3-6-18(28)7-4-16)15-23(32)31-11-9-22-20(10-12-34-22)24(31)19-8-5-17(26)13-21(19)27/h3-8,10,12-13,24H,9,11,14-15H2,1-2H3. The van der Waals surface area contributed by atoms with Gasteiger partial charge >= 0.3 is 6.03 Å². The van der Waals surface area contributed by atoms with E-state index in [1.54, 1.807) is 54.6 Å². The number of urea groups is 1. The number of hydrogen-bond acceptors (Lipinski definition) is 3. The molecule has 1 atom stereocenters. The highest BCUT2D eigenvalue weighted by atomic mass is 35.5. The molecule has 0 N–H and O–H groups in total. The largest absolute Gasteiger partial charge is 0.331 e. The molecule has 1 aliphatic rings. The summed E-state index contributed by atoms with van der Waals surface area (Å²) in [7, 11) is 3.28. The van der Waals surface area contributed by atoms with E-state index in [1.165, 1.54) is 26.8 Å². The normalized spacial score (nSPS) is 15.1. The van der Waals surface area contributed by atoms with Crippen LogP contribution in [0.2, 0.25) is 10.0 Å². The van der Waals surface area contributed by atoms with E-state index in [0.29, 0.717) is 16.6 Å². The molecule has 9 heteroatoms. The zero-order valence-corrected chi connectivity index (χ0v) is 21.1. The summed E-state index contributed by atoms with van der Waals surface area (Å²) in [5.74, 6) is -0.543. The van der Waals surface area contributed by atoms with Crippen molar-refractivity contribution in [1.82, 2.24) is 14.7 Å². The molecule has 0 spiro atoms. The number of nitrogens with zero attached hydrogens (tertiary/aromatic N) is 3. The van der Waals surface area contributed by atoms with Crippen molar-refractivity contribution in [1.29, 1.82) is 0 Å². The number of benzene rings is 2. The van der Waals surface area contributed by atoms with Crippen molar-refractivity contribution >= 4 is 46.5 Å². The molecule has 2 heterocycles. The molecule has 2 aromatic carbocycles. The number of halogens is 3. The van der Waals surface area contributed by atoms with Crippen LogP contribution in [0.1, 0.15) is 27.6 Å². The summed E-state index contributed by atoms with van der Waals surface area (Å²) in [4.78, 5) is 32.5. The Morgan fingerprint density at radius 3 is 2.50 bits per heavy atom. The van der Waals surface area contributed by atoms with Crippen LogP contribution in [0.3, 0.4) is 0 Å². The fourth-order valence-corrected chi connectivity index (χ4v) is 5.60. The second-order valence-electron chi connectivity index (χ2n) is 8.36. The van der Waals surface area contributed by atoms with Gasteiger partial charge in [0.15, 0.2) is 0 Å². The van der Waals surface area contributed by atoms with Gasteiger partial charge < -0.3 is 14.7 Å². The van der Waals surface area contributed by atoms with Crippen LogP contribution >= 0.6 is 34.5 Å². The van der Waals surface area contributed by atoms with Crippen molar-refractivity contribution in [2.45, 2.75) is 19.0 Å². The van der Waals surface area contributed by atoms with E-state index in [2.05, 4.69) is 0 Å². The lowest BCUT2D eigenvalue weighted by molar-refractivity contribution is -0.134. The molecular weight excluding hydrogens is 496 g/mol. The van der Waals surface area contributed by atoms with Crippen molar-refractivity contribution in [3.05, 3.63) is 91.3 Å². The third kappa shape index (κ3) is 5.22. The van der Waals surface area contributed by atoms with Crippen molar-refractivity contribution in [2.24, 2.45) is 0 Å². The average molecular weight is 520 g/mol. The van der Waals surface area contributed by atoms with E-state index in [0.717, 1.165) is 23.1 Å². The number of rotatable bonds is 5. The third-order valence-corrected chi connectivity index (χ3v) is 7.37. The Bertz CT molecular complexity index is 1200. The molecular formula is C25H24Cl2FN3O2S. The number of thiophene rings is 1. The van der Waals surface area contributed by atoms with Gasteiger partial charge in [0.1, 0.15) is 12.4 Å². The molecule has 1 unspecified atom stereocenters. The van der Waals surface area contributed by atoms with Crippen LogP contribution in [0.5, 0.6) is 0 Å². The van der Waals surface area contributed by atoms with Crippen LogP contribution < -0.4 is 0 Å². The first-order valence-electron chi connectivity index (χ1n) is 10.8. The van der Waals surface area contributed by atoms with Crippen LogP contribution in [-0.4, -0.2) is 53.8 Å². The van der Waals surface area contributed by atoms with Crippen LogP contribution in [0.25, 0.3) is 0 Å². The minimum absolute atomic E-state index is 0.116. The molecule has 178 valence electrons. The zero-order chi connectivity index (χ0) is 24.4. The summed E-state index contributed by atoms with van der Waals surface area (Å²) in [6.07, 6.45) is 0.736. The number of carbonyl (C=O) groups is 2. The first-order valence-corrected chi connectivity index (χ1v) is 12.4. The molecule has 5 nitrogen and oxygen atoms in total. The van der Waals surface area contributed by atoms with Gasteiger partial charge in [-0.3, -0.25) is 4.79 Å². The quantitative estimate of drug-likeness (QED) is 0.424. The summed E-state index contributed by atoms with van der Waals surface area (Å²) in [6, 6.07) is 12.6. The highest BCUT2D eigenvalue weighted by Crippen LogP contribution is 2.41. The lowest BCUT2D eigenvalue weighted by Gasteiger charge is -2.38. The Kier molecular flexibility index (Phi) is 7.45. The molecule has 3 aromatic rings. The highest BCUT2D eigenvalue weighted by molar-refractivity contribution is 7.10. The predicted molar refractivity (Wildman–Crippen MR) is 134 cm³/mol. The molecule has 3 amide bonds. The third-order valence-electron chi connectivity index (χ3n) is 5.81. The first-order chi connectivity index (χ1) is 16.2. The molecule has 1 aromatic heterocycles. The molecule has 0 saturated carbocycles. The van der Waals surface area contributed by atoms with E-state index < -0.39 is 0 Å². The highest BCUT2D eigenvalue weighted by Gasteiger charge is 2.35. The van der Waals surface area contributed by atoms with Crippen LogP contribution in [-0.2, 0) is 17.8 Å². The Morgan fingerprint density at radius 2 is 1.82 bits per heavy atom. The summed E-state index contributed by atoms with van der Waals surface area (Å²) < 4.78 is 13.4. The molecule has 34 heavy (non-hydrogen) atoms. The van der Waals surface area contributed by atoms with E-state index in [1.807, 2.05) is 17.5 Å². The maximum absolute atomic E-state index is 13.7. The number of fused-ring (bicyclic) bond motifs is 1. The Labute approximate surface area is 212 Å². The Hall–Kier alpha value is -2.61. The van der Waals surface area contributed by atoms with Gasteiger partial charge in [-0.15, -0.1) is 11.3 Å². The zero-order valence-electron chi connectivity index (χ0n) is 18.8. The maximum Gasteiger partial charge on any atom is 0.320 e. The topological polar surface area (TPSA) is 43.9 Å². The molecule has 4 rings (SSSR count). The summed E-state index contributed by atoms with van der Waals surface area (Å²) in [6.45, 7) is 0.582. The molecule has 1 aliphatic heterocycles. The van der Waals surface area contributed by atoms with Crippen molar-refractivity contribution in [3.63, 3.8) is 0 Å². The SMILES string of the molecule is CN(C)C(=O)N(CC(=O)N1CCc2sccc2C1c1ccc(Cl)cc1Cl)Cc1ccc(F)cc1. The minimum atomic E-state index is -0.366. The second kappa shape index (κ2) is 10.3. The van der Waals surface area contributed by atoms with Gasteiger partial charge in [-0.25, -0.2) is 9.18 Å². The number of hydrogen-bond donors (Lipinski definition) is 0. The molecule has 0 bridgehead atoms. The van der Waals surface area contributed by atoms with Gasteiger partial charge in [0.05, 0.1) is 6.04 Å². The molecule has 0 aliphatic carbocycles. The predicted octanol–water partition coefficient (Wildman–Crippen LogP) is 5.85. The Balaban J connectivity index is 1.64. The molecule has 0 fully saturated rings. The fourth-order valence-electron chi connectivity index (χ4n) is 4.18. The first kappa shape index (κ1) is 24.5. The fraction of sp³-hybridized carbons (Fsp3) is 0.280. The van der Waals surface area contributed by atoms with Gasteiger partial charge in [0, 0.05) is 42.1 Å². The van der Waals surface area contributed by atoms with Crippen molar-refractivity contribution < 1.29 is 14.0 Å². The van der Waals surface area contributed by atoms with Crippen LogP contribution in [0.15, 0.2) is 53.9 Å². The molecule has 0 radical (unpaired) electrons. The van der Waals surface area contributed by atoms with Crippen LogP contribution in [0, 0.1) is 5.82 Å².